The second-order valence-corrected chi connectivity index (χ2v) is 4.87. The number of hydrogen-bond donors (Lipinski definition) is 1. The first-order valence-corrected chi connectivity index (χ1v) is 6.83. The van der Waals surface area contributed by atoms with Crippen LogP contribution in [0.15, 0.2) is 60.9 Å². The molecular weight excluding hydrogens is 279 g/mol. The van der Waals surface area contributed by atoms with Gasteiger partial charge in [-0.15, -0.1) is 0 Å². The van der Waals surface area contributed by atoms with Crippen LogP contribution >= 0.6 is 0 Å². The summed E-state index contributed by atoms with van der Waals surface area (Å²) in [6.45, 7) is 0. The lowest BCUT2D eigenvalue weighted by molar-refractivity contribution is 0.630. The van der Waals surface area contributed by atoms with Crippen LogP contribution in [-0.2, 0) is 0 Å². The summed E-state index contributed by atoms with van der Waals surface area (Å²) in [4.78, 5) is 16.2. The lowest BCUT2D eigenvalue weighted by atomic mass is 10.2. The van der Waals surface area contributed by atoms with Crippen LogP contribution in [0, 0.1) is 5.82 Å². The van der Waals surface area contributed by atoms with E-state index in [4.69, 9.17) is 0 Å². The van der Waals surface area contributed by atoms with E-state index < -0.39 is 0 Å². The highest BCUT2D eigenvalue weighted by Gasteiger charge is 2.11. The number of aromatic amines is 1. The Kier molecular flexibility index (Phi) is 2.89. The summed E-state index contributed by atoms with van der Waals surface area (Å²) < 4.78 is 13.9. The fraction of sp³-hybridized carbons (Fsp3) is 0. The summed E-state index contributed by atoms with van der Waals surface area (Å²) in [5.41, 5.74) is 3.45. The first kappa shape index (κ1) is 12.6. The molecule has 0 unspecified atom stereocenters. The number of benzene rings is 1. The van der Waals surface area contributed by atoms with Gasteiger partial charge in [0, 0.05) is 6.20 Å². The van der Waals surface area contributed by atoms with Crippen molar-refractivity contribution in [1.82, 2.24) is 19.9 Å². The van der Waals surface area contributed by atoms with Gasteiger partial charge in [-0.25, -0.2) is 9.37 Å². The highest BCUT2D eigenvalue weighted by molar-refractivity contribution is 5.81. The Hall–Kier alpha value is -3.08. The van der Waals surface area contributed by atoms with Crippen molar-refractivity contribution in [2.24, 2.45) is 0 Å². The van der Waals surface area contributed by atoms with Crippen LogP contribution in [0.3, 0.4) is 0 Å². The molecule has 0 bridgehead atoms. The highest BCUT2D eigenvalue weighted by atomic mass is 19.1. The maximum absolute atomic E-state index is 13.9. The van der Waals surface area contributed by atoms with Crippen LogP contribution in [0.25, 0.3) is 33.8 Å². The Bertz CT molecular complexity index is 947. The van der Waals surface area contributed by atoms with Gasteiger partial charge in [-0.2, -0.15) is 0 Å². The second-order valence-electron chi connectivity index (χ2n) is 4.87. The fourth-order valence-electron chi connectivity index (χ4n) is 2.34. The molecule has 1 aromatic carbocycles. The van der Waals surface area contributed by atoms with E-state index >= 15 is 0 Å². The number of imidazole rings is 1. The number of nitrogens with one attached hydrogen (secondary N) is 1. The number of nitrogens with zero attached hydrogens (tertiary/aromatic N) is 3. The summed E-state index contributed by atoms with van der Waals surface area (Å²) in [5.74, 6) is 0.188. The Morgan fingerprint density at radius 1 is 0.909 bits per heavy atom. The van der Waals surface area contributed by atoms with Crippen molar-refractivity contribution >= 4 is 11.0 Å². The van der Waals surface area contributed by atoms with Crippen LogP contribution < -0.4 is 0 Å². The highest BCUT2D eigenvalue weighted by Crippen LogP contribution is 2.24. The van der Waals surface area contributed by atoms with Crippen LogP contribution in [0.2, 0.25) is 0 Å². The third kappa shape index (κ3) is 2.13. The standard InChI is InChI=1S/C17H11FN4/c18-12-6-2-1-5-11(12)17-21-15-9-14(20-10-16(15)22-17)13-7-3-4-8-19-13/h1-10H,(H,21,22). The summed E-state index contributed by atoms with van der Waals surface area (Å²) >= 11 is 0. The molecule has 3 aromatic heterocycles. The molecule has 0 spiro atoms. The maximum Gasteiger partial charge on any atom is 0.141 e. The molecule has 0 atom stereocenters. The molecule has 106 valence electrons. The van der Waals surface area contributed by atoms with Gasteiger partial charge in [0.05, 0.1) is 34.2 Å². The molecule has 0 saturated carbocycles. The smallest absolute Gasteiger partial charge is 0.141 e. The molecule has 0 saturated heterocycles. The number of pyridine rings is 2. The van der Waals surface area contributed by atoms with Crippen molar-refractivity contribution in [3.05, 3.63) is 66.7 Å². The Labute approximate surface area is 125 Å². The summed E-state index contributed by atoms with van der Waals surface area (Å²) in [6, 6.07) is 14.0. The van der Waals surface area contributed by atoms with Crippen molar-refractivity contribution in [3.8, 4) is 22.8 Å². The van der Waals surface area contributed by atoms with E-state index in [0.717, 1.165) is 22.4 Å². The van der Waals surface area contributed by atoms with Gasteiger partial charge >= 0.3 is 0 Å². The van der Waals surface area contributed by atoms with E-state index in [2.05, 4.69) is 19.9 Å². The van der Waals surface area contributed by atoms with Crippen LogP contribution in [-0.4, -0.2) is 19.9 Å². The fourth-order valence-corrected chi connectivity index (χ4v) is 2.34. The molecule has 4 aromatic rings. The molecule has 5 heteroatoms. The zero-order valence-electron chi connectivity index (χ0n) is 11.5. The van der Waals surface area contributed by atoms with E-state index in [9.17, 15) is 4.39 Å². The van der Waals surface area contributed by atoms with E-state index in [-0.39, 0.29) is 5.82 Å². The third-order valence-corrected chi connectivity index (χ3v) is 3.42. The second kappa shape index (κ2) is 5.04. The Balaban J connectivity index is 1.84. The van der Waals surface area contributed by atoms with Crippen molar-refractivity contribution in [2.45, 2.75) is 0 Å². The molecular formula is C17H11FN4. The van der Waals surface area contributed by atoms with Gasteiger partial charge in [0.2, 0.25) is 0 Å². The topological polar surface area (TPSA) is 54.5 Å². The zero-order chi connectivity index (χ0) is 14.9. The molecule has 0 aliphatic heterocycles. The minimum Gasteiger partial charge on any atom is -0.337 e. The third-order valence-electron chi connectivity index (χ3n) is 3.42. The Morgan fingerprint density at radius 2 is 1.77 bits per heavy atom. The number of halogens is 1. The largest absolute Gasteiger partial charge is 0.337 e. The SMILES string of the molecule is Fc1ccccc1-c1nc2cc(-c3ccccn3)ncc2[nH]1. The monoisotopic (exact) mass is 290 g/mol. The number of rotatable bonds is 2. The van der Waals surface area contributed by atoms with Gasteiger partial charge < -0.3 is 4.98 Å². The maximum atomic E-state index is 13.9. The lowest BCUT2D eigenvalue weighted by Crippen LogP contribution is -1.86. The summed E-state index contributed by atoms with van der Waals surface area (Å²) in [7, 11) is 0. The number of aromatic nitrogens is 4. The predicted molar refractivity (Wildman–Crippen MR) is 82.5 cm³/mol. The van der Waals surface area contributed by atoms with Gasteiger partial charge in [-0.05, 0) is 30.3 Å². The van der Waals surface area contributed by atoms with E-state index in [1.807, 2.05) is 24.3 Å². The molecule has 22 heavy (non-hydrogen) atoms. The number of fused-ring (bicyclic) bond motifs is 1. The average Bonchev–Trinajstić information content (AvgIpc) is 2.99. The molecule has 4 nitrogen and oxygen atoms in total. The van der Waals surface area contributed by atoms with Crippen LogP contribution in [0.4, 0.5) is 4.39 Å². The van der Waals surface area contributed by atoms with Gasteiger partial charge in [0.15, 0.2) is 0 Å². The van der Waals surface area contributed by atoms with E-state index in [1.165, 1.54) is 6.07 Å². The quantitative estimate of drug-likeness (QED) is 0.610. The predicted octanol–water partition coefficient (Wildman–Crippen LogP) is 3.83. The number of hydrogen-bond acceptors (Lipinski definition) is 3. The molecule has 0 aliphatic carbocycles. The average molecular weight is 290 g/mol. The summed E-state index contributed by atoms with van der Waals surface area (Å²) in [6.07, 6.45) is 3.41. The minimum absolute atomic E-state index is 0.306. The molecule has 0 fully saturated rings. The Morgan fingerprint density at radius 3 is 2.59 bits per heavy atom. The van der Waals surface area contributed by atoms with Gasteiger partial charge in [0.1, 0.15) is 11.6 Å². The first-order valence-electron chi connectivity index (χ1n) is 6.83. The molecule has 0 radical (unpaired) electrons. The molecule has 0 aliphatic rings. The zero-order valence-corrected chi connectivity index (χ0v) is 11.5. The number of H-pyrrole nitrogens is 1. The molecule has 4 rings (SSSR count). The van der Waals surface area contributed by atoms with Crippen LogP contribution in [0.1, 0.15) is 0 Å². The lowest BCUT2D eigenvalue weighted by Gasteiger charge is -1.98. The van der Waals surface area contributed by atoms with Crippen molar-refractivity contribution in [2.75, 3.05) is 0 Å². The van der Waals surface area contributed by atoms with Crippen molar-refractivity contribution in [1.29, 1.82) is 0 Å². The van der Waals surface area contributed by atoms with E-state index in [1.54, 1.807) is 30.6 Å². The molecule has 1 N–H and O–H groups in total. The van der Waals surface area contributed by atoms with Gasteiger partial charge in [-0.3, -0.25) is 9.97 Å². The minimum atomic E-state index is -0.306. The normalized spacial score (nSPS) is 11.0. The van der Waals surface area contributed by atoms with Crippen molar-refractivity contribution in [3.63, 3.8) is 0 Å². The first-order chi connectivity index (χ1) is 10.8. The summed E-state index contributed by atoms with van der Waals surface area (Å²) in [5, 5.41) is 0. The van der Waals surface area contributed by atoms with Gasteiger partial charge in [0.25, 0.3) is 0 Å². The van der Waals surface area contributed by atoms with Crippen molar-refractivity contribution < 1.29 is 4.39 Å². The van der Waals surface area contributed by atoms with Gasteiger partial charge in [-0.1, -0.05) is 18.2 Å². The molecule has 0 amide bonds. The van der Waals surface area contributed by atoms with Crippen LogP contribution in [0.5, 0.6) is 0 Å². The molecule has 3 heterocycles. The van der Waals surface area contributed by atoms with E-state index in [0.29, 0.717) is 11.4 Å².